The predicted octanol–water partition coefficient (Wildman–Crippen LogP) is 4.55. The number of carbonyl (C=O) groups is 1. The van der Waals surface area contributed by atoms with Crippen LogP contribution in [0.4, 0.5) is 14.5 Å². The number of rotatable bonds is 6. The van der Waals surface area contributed by atoms with Crippen molar-refractivity contribution >= 4 is 11.6 Å². The van der Waals surface area contributed by atoms with Gasteiger partial charge in [0.1, 0.15) is 5.75 Å². The van der Waals surface area contributed by atoms with E-state index in [1.165, 1.54) is 16.8 Å². The van der Waals surface area contributed by atoms with Crippen molar-refractivity contribution in [2.75, 3.05) is 5.32 Å². The number of benzene rings is 2. The van der Waals surface area contributed by atoms with Crippen LogP contribution in [0.15, 0.2) is 48.5 Å². The number of alkyl halides is 2. The van der Waals surface area contributed by atoms with Gasteiger partial charge in [0.2, 0.25) is 0 Å². The number of carbonyl (C=O) groups excluding carboxylic acids is 1. The van der Waals surface area contributed by atoms with Gasteiger partial charge in [0.25, 0.3) is 5.91 Å². The quantitative estimate of drug-likeness (QED) is 0.675. The fraction of sp³-hybridized carbons (Fsp3) is 0.250. The fourth-order valence-electron chi connectivity index (χ4n) is 2.72. The summed E-state index contributed by atoms with van der Waals surface area (Å²) in [6, 6.07) is 13.6. The smallest absolute Gasteiger partial charge is 0.387 e. The van der Waals surface area contributed by atoms with Crippen LogP contribution in [0.25, 0.3) is 5.69 Å². The van der Waals surface area contributed by atoms with Crippen LogP contribution in [0.2, 0.25) is 0 Å². The van der Waals surface area contributed by atoms with Crippen molar-refractivity contribution in [2.45, 2.75) is 33.3 Å². The van der Waals surface area contributed by atoms with Crippen LogP contribution < -0.4 is 10.1 Å². The molecule has 0 radical (unpaired) electrons. The Morgan fingerprint density at radius 2 is 1.86 bits per heavy atom. The minimum Gasteiger partial charge on any atom is -0.435 e. The first-order chi connectivity index (χ1) is 13.3. The van der Waals surface area contributed by atoms with Crippen LogP contribution in [-0.2, 0) is 0 Å². The van der Waals surface area contributed by atoms with E-state index in [1.54, 1.807) is 19.1 Å². The topological polar surface area (TPSA) is 69.0 Å². The number of aromatic nitrogens is 3. The van der Waals surface area contributed by atoms with Crippen LogP contribution in [0.1, 0.15) is 41.5 Å². The van der Waals surface area contributed by atoms with Gasteiger partial charge in [0.05, 0.1) is 11.4 Å². The SMILES string of the molecule is Cc1c(C(=O)Nc2cccc(C(C)C)c2)nnn1-c1ccc(OC(F)F)cc1. The second-order valence-corrected chi connectivity index (χ2v) is 6.54. The molecule has 3 aromatic rings. The summed E-state index contributed by atoms with van der Waals surface area (Å²) in [5.74, 6) is 0.0123. The standard InChI is InChI=1S/C20H20F2N4O2/c1-12(2)14-5-4-6-15(11-14)23-19(27)18-13(3)26(25-24-18)16-7-9-17(10-8-16)28-20(21)22/h4-12,20H,1-3H3,(H,23,27). The minimum absolute atomic E-state index is 0.0412. The molecule has 0 aliphatic heterocycles. The van der Waals surface area contributed by atoms with Gasteiger partial charge in [0.15, 0.2) is 5.69 Å². The van der Waals surface area contributed by atoms with E-state index in [4.69, 9.17) is 0 Å². The summed E-state index contributed by atoms with van der Waals surface area (Å²) >= 11 is 0. The van der Waals surface area contributed by atoms with Crippen molar-refractivity contribution in [1.29, 1.82) is 0 Å². The maximum Gasteiger partial charge on any atom is 0.387 e. The molecule has 8 heteroatoms. The molecule has 0 aliphatic carbocycles. The highest BCUT2D eigenvalue weighted by molar-refractivity contribution is 6.03. The van der Waals surface area contributed by atoms with Gasteiger partial charge in [-0.15, -0.1) is 5.10 Å². The third kappa shape index (κ3) is 4.33. The van der Waals surface area contributed by atoms with E-state index in [-0.39, 0.29) is 17.4 Å². The Bertz CT molecular complexity index is 969. The van der Waals surface area contributed by atoms with Crippen molar-refractivity contribution in [3.05, 3.63) is 65.5 Å². The molecule has 0 unspecified atom stereocenters. The summed E-state index contributed by atoms with van der Waals surface area (Å²) in [5.41, 5.74) is 3.08. The summed E-state index contributed by atoms with van der Waals surface area (Å²) in [6.07, 6.45) is 0. The Morgan fingerprint density at radius 3 is 2.50 bits per heavy atom. The molecular weight excluding hydrogens is 366 g/mol. The van der Waals surface area contributed by atoms with E-state index < -0.39 is 6.61 Å². The Balaban J connectivity index is 1.78. The molecule has 3 rings (SSSR count). The Hall–Kier alpha value is -3.29. The van der Waals surface area contributed by atoms with Crippen LogP contribution in [0, 0.1) is 6.92 Å². The molecule has 28 heavy (non-hydrogen) atoms. The lowest BCUT2D eigenvalue weighted by Gasteiger charge is -2.09. The Morgan fingerprint density at radius 1 is 1.14 bits per heavy atom. The number of anilines is 1. The van der Waals surface area contributed by atoms with Gasteiger partial charge < -0.3 is 10.1 Å². The third-order valence-corrected chi connectivity index (χ3v) is 4.23. The number of halogens is 2. The molecule has 0 fully saturated rings. The molecule has 1 heterocycles. The first-order valence-electron chi connectivity index (χ1n) is 8.74. The van der Waals surface area contributed by atoms with Gasteiger partial charge in [-0.05, 0) is 54.8 Å². The van der Waals surface area contributed by atoms with E-state index >= 15 is 0 Å². The van der Waals surface area contributed by atoms with E-state index in [0.29, 0.717) is 23.0 Å². The van der Waals surface area contributed by atoms with E-state index in [2.05, 4.69) is 34.2 Å². The number of amides is 1. The van der Waals surface area contributed by atoms with Gasteiger partial charge in [-0.3, -0.25) is 4.79 Å². The molecule has 146 valence electrons. The van der Waals surface area contributed by atoms with Crippen LogP contribution in [0.3, 0.4) is 0 Å². The molecule has 6 nitrogen and oxygen atoms in total. The lowest BCUT2D eigenvalue weighted by molar-refractivity contribution is -0.0498. The molecule has 1 aromatic heterocycles. The Labute approximate surface area is 161 Å². The molecule has 1 N–H and O–H groups in total. The Kier molecular flexibility index (Phi) is 5.67. The van der Waals surface area contributed by atoms with Gasteiger partial charge in [-0.25, -0.2) is 4.68 Å². The van der Waals surface area contributed by atoms with Crippen molar-refractivity contribution in [2.24, 2.45) is 0 Å². The van der Waals surface area contributed by atoms with Crippen molar-refractivity contribution < 1.29 is 18.3 Å². The maximum atomic E-state index is 12.6. The number of hydrogen-bond donors (Lipinski definition) is 1. The van der Waals surface area contributed by atoms with E-state index in [1.807, 2.05) is 24.3 Å². The van der Waals surface area contributed by atoms with Crippen LogP contribution in [0.5, 0.6) is 5.75 Å². The monoisotopic (exact) mass is 386 g/mol. The third-order valence-electron chi connectivity index (χ3n) is 4.23. The molecule has 0 spiro atoms. The normalized spacial score (nSPS) is 11.1. The molecule has 1 amide bonds. The second-order valence-electron chi connectivity index (χ2n) is 6.54. The average molecular weight is 386 g/mol. The molecule has 0 atom stereocenters. The molecule has 0 bridgehead atoms. The lowest BCUT2D eigenvalue weighted by Crippen LogP contribution is -2.14. The van der Waals surface area contributed by atoms with E-state index in [0.717, 1.165) is 5.56 Å². The van der Waals surface area contributed by atoms with Crippen molar-refractivity contribution in [1.82, 2.24) is 15.0 Å². The van der Waals surface area contributed by atoms with Crippen LogP contribution >= 0.6 is 0 Å². The number of nitrogens with one attached hydrogen (secondary N) is 1. The van der Waals surface area contributed by atoms with Gasteiger partial charge in [0, 0.05) is 5.69 Å². The summed E-state index contributed by atoms with van der Waals surface area (Å²) in [6.45, 7) is 2.98. The van der Waals surface area contributed by atoms with Gasteiger partial charge in [-0.2, -0.15) is 8.78 Å². The van der Waals surface area contributed by atoms with Gasteiger partial charge >= 0.3 is 6.61 Å². The minimum atomic E-state index is -2.89. The lowest BCUT2D eigenvalue weighted by atomic mass is 10.0. The summed E-state index contributed by atoms with van der Waals surface area (Å²) in [4.78, 5) is 12.6. The zero-order valence-electron chi connectivity index (χ0n) is 15.7. The average Bonchev–Trinajstić information content (AvgIpc) is 3.03. The second kappa shape index (κ2) is 8.16. The van der Waals surface area contributed by atoms with Gasteiger partial charge in [-0.1, -0.05) is 31.2 Å². The zero-order chi connectivity index (χ0) is 20.3. The number of nitrogens with zero attached hydrogens (tertiary/aromatic N) is 3. The number of ether oxygens (including phenoxy) is 1. The molecule has 2 aromatic carbocycles. The highest BCUT2D eigenvalue weighted by Crippen LogP contribution is 2.21. The molecular formula is C20H20F2N4O2. The summed E-state index contributed by atoms with van der Waals surface area (Å²) in [5, 5.41) is 10.8. The first kappa shape index (κ1) is 19.5. The largest absolute Gasteiger partial charge is 0.435 e. The fourth-order valence-corrected chi connectivity index (χ4v) is 2.72. The van der Waals surface area contributed by atoms with Crippen molar-refractivity contribution in [3.63, 3.8) is 0 Å². The highest BCUT2D eigenvalue weighted by atomic mass is 19.3. The molecule has 0 saturated heterocycles. The number of hydrogen-bond acceptors (Lipinski definition) is 4. The summed E-state index contributed by atoms with van der Waals surface area (Å²) in [7, 11) is 0. The van der Waals surface area contributed by atoms with Crippen molar-refractivity contribution in [3.8, 4) is 11.4 Å². The maximum absolute atomic E-state index is 12.6. The van der Waals surface area contributed by atoms with E-state index in [9.17, 15) is 13.6 Å². The highest BCUT2D eigenvalue weighted by Gasteiger charge is 2.18. The first-order valence-corrected chi connectivity index (χ1v) is 8.74. The summed E-state index contributed by atoms with van der Waals surface area (Å²) < 4.78 is 30.3. The molecule has 0 saturated carbocycles. The predicted molar refractivity (Wildman–Crippen MR) is 101 cm³/mol. The van der Waals surface area contributed by atoms with Crippen LogP contribution in [-0.4, -0.2) is 27.5 Å². The zero-order valence-corrected chi connectivity index (χ0v) is 15.7. The molecule has 0 aliphatic rings.